The highest BCUT2D eigenvalue weighted by molar-refractivity contribution is 9.10. The van der Waals surface area contributed by atoms with Crippen molar-refractivity contribution < 1.29 is 14.7 Å². The third-order valence-electron chi connectivity index (χ3n) is 3.24. The van der Waals surface area contributed by atoms with Crippen LogP contribution in [-0.2, 0) is 4.79 Å². The van der Waals surface area contributed by atoms with Gasteiger partial charge in [-0.15, -0.1) is 0 Å². The third-order valence-corrected chi connectivity index (χ3v) is 3.87. The van der Waals surface area contributed by atoms with Crippen LogP contribution in [-0.4, -0.2) is 27.5 Å². The predicted molar refractivity (Wildman–Crippen MR) is 68.2 cm³/mol. The molecule has 1 saturated carbocycles. The molecule has 1 fully saturated rings. The lowest BCUT2D eigenvalue weighted by atomic mass is 9.97. The molecule has 0 atom stereocenters. The largest absolute Gasteiger partial charge is 0.480 e. The van der Waals surface area contributed by atoms with Crippen LogP contribution in [0.15, 0.2) is 22.9 Å². The van der Waals surface area contributed by atoms with E-state index in [1.54, 1.807) is 6.07 Å². The van der Waals surface area contributed by atoms with E-state index in [0.717, 1.165) is 12.8 Å². The summed E-state index contributed by atoms with van der Waals surface area (Å²) >= 11 is 3.23. The summed E-state index contributed by atoms with van der Waals surface area (Å²) < 4.78 is 0.557. The Morgan fingerprint density at radius 2 is 2.06 bits per heavy atom. The van der Waals surface area contributed by atoms with Crippen molar-refractivity contribution in [3.8, 4) is 0 Å². The van der Waals surface area contributed by atoms with Gasteiger partial charge in [-0.2, -0.15) is 0 Å². The van der Waals surface area contributed by atoms with E-state index in [1.165, 1.54) is 12.4 Å². The molecule has 1 aliphatic rings. The van der Waals surface area contributed by atoms with Crippen molar-refractivity contribution in [1.29, 1.82) is 0 Å². The third kappa shape index (κ3) is 2.38. The number of halogens is 1. The highest BCUT2D eigenvalue weighted by Gasteiger charge is 2.42. The van der Waals surface area contributed by atoms with Gasteiger partial charge in [0, 0.05) is 16.9 Å². The topological polar surface area (TPSA) is 79.3 Å². The summed E-state index contributed by atoms with van der Waals surface area (Å²) in [6.07, 6.45) is 5.63. The van der Waals surface area contributed by atoms with Gasteiger partial charge in [0.2, 0.25) is 0 Å². The second-order valence-corrected chi connectivity index (χ2v) is 5.26. The van der Waals surface area contributed by atoms with Gasteiger partial charge < -0.3 is 10.4 Å². The first-order valence-corrected chi connectivity index (χ1v) is 6.50. The van der Waals surface area contributed by atoms with Gasteiger partial charge in [-0.1, -0.05) is 12.8 Å². The number of aliphatic carboxylic acids is 1. The van der Waals surface area contributed by atoms with E-state index < -0.39 is 11.5 Å². The number of nitrogens with zero attached hydrogens (tertiary/aromatic N) is 1. The molecule has 0 unspecified atom stereocenters. The van der Waals surface area contributed by atoms with Crippen molar-refractivity contribution in [1.82, 2.24) is 10.3 Å². The molecule has 1 aromatic heterocycles. The predicted octanol–water partition coefficient (Wildman–Crippen LogP) is 1.97. The summed E-state index contributed by atoms with van der Waals surface area (Å²) in [5.41, 5.74) is -0.711. The van der Waals surface area contributed by atoms with Crippen molar-refractivity contribution in [2.45, 2.75) is 31.2 Å². The lowest BCUT2D eigenvalue weighted by Crippen LogP contribution is -2.52. The van der Waals surface area contributed by atoms with Crippen LogP contribution in [0.3, 0.4) is 0 Å². The van der Waals surface area contributed by atoms with Crippen molar-refractivity contribution in [3.63, 3.8) is 0 Å². The van der Waals surface area contributed by atoms with E-state index in [1.807, 2.05) is 0 Å². The van der Waals surface area contributed by atoms with Gasteiger partial charge in [-0.3, -0.25) is 9.78 Å². The lowest BCUT2D eigenvalue weighted by molar-refractivity contribution is -0.144. The molecule has 0 aromatic carbocycles. The van der Waals surface area contributed by atoms with Gasteiger partial charge in [0.25, 0.3) is 5.91 Å². The zero-order chi connectivity index (χ0) is 13.2. The molecule has 0 spiro atoms. The smallest absolute Gasteiger partial charge is 0.329 e. The van der Waals surface area contributed by atoms with Crippen molar-refractivity contribution in [2.75, 3.05) is 0 Å². The normalized spacial score (nSPS) is 17.4. The number of nitrogens with one attached hydrogen (secondary N) is 1. The first kappa shape index (κ1) is 13.0. The van der Waals surface area contributed by atoms with Crippen molar-refractivity contribution >= 4 is 27.8 Å². The Labute approximate surface area is 113 Å². The number of pyridine rings is 1. The summed E-state index contributed by atoms with van der Waals surface area (Å²) in [7, 11) is 0. The summed E-state index contributed by atoms with van der Waals surface area (Å²) in [5.74, 6) is -1.34. The van der Waals surface area contributed by atoms with Gasteiger partial charge in [-0.25, -0.2) is 4.79 Å². The molecule has 0 aliphatic heterocycles. The molecule has 0 saturated heterocycles. The van der Waals surface area contributed by atoms with Gasteiger partial charge in [0.1, 0.15) is 5.54 Å². The molecule has 1 heterocycles. The van der Waals surface area contributed by atoms with Crippen LogP contribution in [0.1, 0.15) is 36.0 Å². The molecule has 96 valence electrons. The lowest BCUT2D eigenvalue weighted by Gasteiger charge is -2.25. The Morgan fingerprint density at radius 3 is 2.61 bits per heavy atom. The molecule has 1 aliphatic carbocycles. The average molecular weight is 313 g/mol. The minimum atomic E-state index is -1.11. The maximum absolute atomic E-state index is 12.1. The molecule has 0 radical (unpaired) electrons. The SMILES string of the molecule is O=C(NC1(C(=O)O)CCCC1)c1ccncc1Br. The number of carbonyl (C=O) groups excluding carboxylic acids is 1. The Bertz CT molecular complexity index is 484. The van der Waals surface area contributed by atoms with Crippen LogP contribution in [0.4, 0.5) is 0 Å². The second kappa shape index (κ2) is 5.06. The summed E-state index contributed by atoms with van der Waals surface area (Å²) in [4.78, 5) is 27.3. The van der Waals surface area contributed by atoms with Gasteiger partial charge in [0.05, 0.1) is 5.56 Å². The summed E-state index contributed by atoms with van der Waals surface area (Å²) in [5, 5.41) is 11.9. The molecule has 6 heteroatoms. The monoisotopic (exact) mass is 312 g/mol. The first-order chi connectivity index (χ1) is 8.55. The van der Waals surface area contributed by atoms with E-state index in [9.17, 15) is 14.7 Å². The van der Waals surface area contributed by atoms with Crippen LogP contribution in [0.5, 0.6) is 0 Å². The Hall–Kier alpha value is -1.43. The zero-order valence-electron chi connectivity index (χ0n) is 9.65. The van der Waals surface area contributed by atoms with Gasteiger partial charge >= 0.3 is 5.97 Å². The van der Waals surface area contributed by atoms with E-state index in [-0.39, 0.29) is 5.91 Å². The maximum Gasteiger partial charge on any atom is 0.329 e. The molecule has 1 amide bonds. The number of carboxylic acid groups (broad SMARTS) is 1. The zero-order valence-corrected chi connectivity index (χ0v) is 11.2. The van der Waals surface area contributed by atoms with E-state index >= 15 is 0 Å². The molecule has 5 nitrogen and oxygen atoms in total. The summed E-state index contributed by atoms with van der Waals surface area (Å²) in [6, 6.07) is 1.56. The highest BCUT2D eigenvalue weighted by atomic mass is 79.9. The van der Waals surface area contributed by atoms with Crippen molar-refractivity contribution in [3.05, 3.63) is 28.5 Å². The van der Waals surface area contributed by atoms with Crippen LogP contribution in [0.2, 0.25) is 0 Å². The number of carbonyl (C=O) groups is 2. The fraction of sp³-hybridized carbons (Fsp3) is 0.417. The second-order valence-electron chi connectivity index (χ2n) is 4.40. The number of hydrogen-bond acceptors (Lipinski definition) is 3. The average Bonchev–Trinajstić information content (AvgIpc) is 2.79. The van der Waals surface area contributed by atoms with Crippen molar-refractivity contribution in [2.24, 2.45) is 0 Å². The Balaban J connectivity index is 2.21. The fourth-order valence-electron chi connectivity index (χ4n) is 2.21. The quantitative estimate of drug-likeness (QED) is 0.894. The molecule has 0 bridgehead atoms. The summed E-state index contributed by atoms with van der Waals surface area (Å²) in [6.45, 7) is 0. The first-order valence-electron chi connectivity index (χ1n) is 5.71. The highest BCUT2D eigenvalue weighted by Crippen LogP contribution is 2.30. The molecule has 1 aromatic rings. The minimum Gasteiger partial charge on any atom is -0.480 e. The number of carboxylic acids is 1. The fourth-order valence-corrected chi connectivity index (χ4v) is 2.65. The number of hydrogen-bond donors (Lipinski definition) is 2. The van der Waals surface area contributed by atoms with E-state index in [0.29, 0.717) is 22.9 Å². The van der Waals surface area contributed by atoms with Gasteiger partial charge in [-0.05, 0) is 34.8 Å². The van der Waals surface area contributed by atoms with Crippen LogP contribution >= 0.6 is 15.9 Å². The molecule has 2 N–H and O–H groups in total. The molecular weight excluding hydrogens is 300 g/mol. The Kier molecular flexibility index (Phi) is 3.65. The molecular formula is C12H13BrN2O3. The van der Waals surface area contributed by atoms with Gasteiger partial charge in [0.15, 0.2) is 0 Å². The Morgan fingerprint density at radius 1 is 1.39 bits per heavy atom. The molecule has 18 heavy (non-hydrogen) atoms. The maximum atomic E-state index is 12.1. The number of rotatable bonds is 3. The molecule has 2 rings (SSSR count). The van der Waals surface area contributed by atoms with Crippen LogP contribution in [0.25, 0.3) is 0 Å². The van der Waals surface area contributed by atoms with Crippen LogP contribution in [0, 0.1) is 0 Å². The minimum absolute atomic E-state index is 0.381. The van der Waals surface area contributed by atoms with Crippen LogP contribution < -0.4 is 5.32 Å². The number of aromatic nitrogens is 1. The number of amides is 1. The standard InChI is InChI=1S/C12H13BrN2O3/c13-9-7-14-6-3-8(9)10(16)15-12(11(17)18)4-1-2-5-12/h3,6-7H,1-2,4-5H2,(H,15,16)(H,17,18). The van der Waals surface area contributed by atoms with E-state index in [2.05, 4.69) is 26.2 Å². The van der Waals surface area contributed by atoms with E-state index in [4.69, 9.17) is 0 Å².